The minimum absolute atomic E-state index is 0.132. The highest BCUT2D eigenvalue weighted by molar-refractivity contribution is 7.92. The summed E-state index contributed by atoms with van der Waals surface area (Å²) in [5.74, 6) is 0.609. The Hall–Kier alpha value is -7.52. The SMILES string of the molecule is COc1ccc(CC(=O)Nc2ccccc2)cc1Nc1ncc(Cl)c(Nc2ccccc2S(=O)(=O)C(C)C)n1.COc1ccc(CC(=O)O)cc1Nc1ncc(Cl)c(Nc2ccccc2S(=O)(=O)C(C)C)n1. The van der Waals surface area contributed by atoms with E-state index in [1.54, 1.807) is 100 Å². The van der Waals surface area contributed by atoms with E-state index in [4.69, 9.17) is 37.8 Å². The summed E-state index contributed by atoms with van der Waals surface area (Å²) in [5, 5.41) is 23.2. The molecule has 0 radical (unpaired) electrons. The van der Waals surface area contributed by atoms with Crippen molar-refractivity contribution in [3.63, 3.8) is 0 Å². The molecule has 0 aliphatic heterocycles. The van der Waals surface area contributed by atoms with Crippen LogP contribution >= 0.6 is 23.2 Å². The average Bonchev–Trinajstić information content (AvgIpc) is 3.34. The van der Waals surface area contributed by atoms with Crippen LogP contribution in [0.5, 0.6) is 11.5 Å². The van der Waals surface area contributed by atoms with Crippen LogP contribution in [0.2, 0.25) is 10.0 Å². The van der Waals surface area contributed by atoms with Crippen LogP contribution in [0.25, 0.3) is 0 Å². The maximum Gasteiger partial charge on any atom is 0.307 e. The zero-order valence-electron chi connectivity index (χ0n) is 39.8. The first kappa shape index (κ1) is 53.8. The van der Waals surface area contributed by atoms with Gasteiger partial charge in [0.25, 0.3) is 0 Å². The highest BCUT2D eigenvalue weighted by Crippen LogP contribution is 2.35. The summed E-state index contributed by atoms with van der Waals surface area (Å²) in [6, 6.07) is 32.5. The standard InChI is InChI=1S/C28H28ClN5O4S.C22H23ClN4O5S/c1-18(2)39(36,37)25-12-8-7-11-22(25)32-27-21(29)17-30-28(34-27)33-23-15-19(13-14-24(23)38-3)16-26(35)31-20-9-5-4-6-10-20;1-13(2)33(30,31)19-7-5-4-6-16(19)25-21-15(23)12-24-22(27-21)26-17-10-14(11-20(28)29)8-9-18(17)32-3/h4-15,17-18H,16H2,1-3H3,(H,31,35)(H2,30,32,33,34);4-10,12-13H,11H2,1-3H3,(H,28,29)(H2,24,25,26,27). The Kier molecular flexibility index (Phi) is 18.0. The normalized spacial score (nSPS) is 11.2. The maximum atomic E-state index is 12.9. The van der Waals surface area contributed by atoms with Gasteiger partial charge >= 0.3 is 5.97 Å². The van der Waals surface area contributed by atoms with Crippen molar-refractivity contribution in [1.82, 2.24) is 19.9 Å². The number of benzene rings is 5. The number of amides is 1. The number of aliphatic carboxylic acids is 1. The molecule has 0 aliphatic carbocycles. The molecule has 0 bridgehead atoms. The van der Waals surface area contributed by atoms with Gasteiger partial charge in [0.05, 0.1) is 82.5 Å². The topological polar surface area (TPSA) is 253 Å². The Balaban J connectivity index is 0.000000239. The summed E-state index contributed by atoms with van der Waals surface area (Å²) in [6.07, 6.45) is 2.76. The summed E-state index contributed by atoms with van der Waals surface area (Å²) >= 11 is 12.6. The quantitative estimate of drug-likeness (QED) is 0.0440. The second-order valence-electron chi connectivity index (χ2n) is 16.2. The molecule has 7 aromatic rings. The number of aromatic nitrogens is 4. The van der Waals surface area contributed by atoms with Crippen molar-refractivity contribution in [2.24, 2.45) is 0 Å². The molecule has 376 valence electrons. The number of para-hydroxylation sites is 3. The molecule has 1 amide bonds. The summed E-state index contributed by atoms with van der Waals surface area (Å²) < 4.78 is 62.0. The fourth-order valence-electron chi connectivity index (χ4n) is 6.68. The Bertz CT molecular complexity index is 3300. The third kappa shape index (κ3) is 13.9. The number of anilines is 9. The highest BCUT2D eigenvalue weighted by atomic mass is 35.5. The molecule has 6 N–H and O–H groups in total. The number of nitrogens with one attached hydrogen (secondary N) is 5. The number of hydrogen-bond acceptors (Lipinski definition) is 16. The van der Waals surface area contributed by atoms with Gasteiger partial charge in [0, 0.05) is 5.69 Å². The number of carbonyl (C=O) groups excluding carboxylic acids is 1. The zero-order valence-corrected chi connectivity index (χ0v) is 42.9. The Morgan fingerprint density at radius 2 is 0.986 bits per heavy atom. The summed E-state index contributed by atoms with van der Waals surface area (Å²) in [6.45, 7) is 6.46. The molecule has 2 aromatic heterocycles. The van der Waals surface area contributed by atoms with E-state index in [1.165, 1.54) is 38.7 Å². The number of ether oxygens (including phenoxy) is 2. The van der Waals surface area contributed by atoms with Crippen LogP contribution in [0.15, 0.2) is 137 Å². The number of carbonyl (C=O) groups is 2. The Morgan fingerprint density at radius 3 is 1.40 bits per heavy atom. The third-order valence-corrected chi connectivity index (χ3v) is 15.4. The first-order chi connectivity index (χ1) is 34.3. The van der Waals surface area contributed by atoms with Crippen LogP contribution in [0.3, 0.4) is 0 Å². The Morgan fingerprint density at radius 1 is 0.569 bits per heavy atom. The van der Waals surface area contributed by atoms with Crippen LogP contribution in [-0.2, 0) is 42.1 Å². The van der Waals surface area contributed by atoms with Crippen LogP contribution in [0.1, 0.15) is 38.8 Å². The average molecular weight is 1060 g/mol. The lowest BCUT2D eigenvalue weighted by Gasteiger charge is -2.16. The molecule has 0 atom stereocenters. The van der Waals surface area contributed by atoms with Gasteiger partial charge in [0.2, 0.25) is 17.8 Å². The van der Waals surface area contributed by atoms with Gasteiger partial charge < -0.3 is 41.2 Å². The molecule has 72 heavy (non-hydrogen) atoms. The van der Waals surface area contributed by atoms with Crippen molar-refractivity contribution in [3.05, 3.63) is 149 Å². The van der Waals surface area contributed by atoms with E-state index < -0.39 is 36.1 Å². The van der Waals surface area contributed by atoms with Gasteiger partial charge in [-0.15, -0.1) is 0 Å². The largest absolute Gasteiger partial charge is 0.495 e. The van der Waals surface area contributed by atoms with Crippen LogP contribution in [0.4, 0.5) is 52.0 Å². The molecule has 18 nitrogen and oxygen atoms in total. The van der Waals surface area contributed by atoms with Crippen molar-refractivity contribution in [3.8, 4) is 11.5 Å². The van der Waals surface area contributed by atoms with Crippen molar-refractivity contribution in [2.45, 2.75) is 60.8 Å². The van der Waals surface area contributed by atoms with Crippen molar-refractivity contribution < 1.29 is 41.0 Å². The lowest BCUT2D eigenvalue weighted by Crippen LogP contribution is -2.15. The summed E-state index contributed by atoms with van der Waals surface area (Å²) in [7, 11) is -4.09. The first-order valence-corrected chi connectivity index (χ1v) is 25.8. The van der Waals surface area contributed by atoms with Gasteiger partial charge in [-0.25, -0.2) is 26.8 Å². The molecular formula is C50H51Cl2N9O9S2. The lowest BCUT2D eigenvalue weighted by molar-refractivity contribution is -0.136. The van der Waals surface area contributed by atoms with Gasteiger partial charge in [-0.05, 0) is 99.5 Å². The van der Waals surface area contributed by atoms with E-state index in [9.17, 15) is 26.4 Å². The smallest absolute Gasteiger partial charge is 0.307 e. The molecule has 0 fully saturated rings. The van der Waals surface area contributed by atoms with E-state index in [-0.39, 0.29) is 62.1 Å². The number of carboxylic acid groups (broad SMARTS) is 1. The molecule has 5 aromatic carbocycles. The molecule has 7 rings (SSSR count). The number of rotatable bonds is 19. The van der Waals surface area contributed by atoms with E-state index >= 15 is 0 Å². The predicted molar refractivity (Wildman–Crippen MR) is 281 cm³/mol. The molecular weight excluding hydrogens is 1010 g/mol. The maximum absolute atomic E-state index is 12.9. The second-order valence-corrected chi connectivity index (χ2v) is 22.0. The van der Waals surface area contributed by atoms with Crippen molar-refractivity contribution in [1.29, 1.82) is 0 Å². The van der Waals surface area contributed by atoms with Crippen LogP contribution in [0, 0.1) is 0 Å². The first-order valence-electron chi connectivity index (χ1n) is 22.0. The number of halogens is 2. The fraction of sp³-hybridized carbons (Fsp3) is 0.200. The number of methoxy groups -OCH3 is 2. The monoisotopic (exact) mass is 1060 g/mol. The van der Waals surface area contributed by atoms with E-state index in [2.05, 4.69) is 46.5 Å². The van der Waals surface area contributed by atoms with Gasteiger partial charge in [-0.2, -0.15) is 9.97 Å². The van der Waals surface area contributed by atoms with Crippen molar-refractivity contribution >= 4 is 107 Å². The zero-order chi connectivity index (χ0) is 52.2. The van der Waals surface area contributed by atoms with E-state index in [0.29, 0.717) is 45.5 Å². The summed E-state index contributed by atoms with van der Waals surface area (Å²) in [4.78, 5) is 41.1. The molecule has 0 saturated carbocycles. The summed E-state index contributed by atoms with van der Waals surface area (Å²) in [5.41, 5.74) is 3.70. The Labute approximate surface area is 427 Å². The second kappa shape index (κ2) is 24.1. The minimum atomic E-state index is -3.56. The lowest BCUT2D eigenvalue weighted by atomic mass is 10.1. The van der Waals surface area contributed by atoms with Crippen LogP contribution in [-0.4, -0.2) is 78.5 Å². The minimum Gasteiger partial charge on any atom is -0.495 e. The molecule has 0 spiro atoms. The third-order valence-electron chi connectivity index (χ3n) is 10.4. The highest BCUT2D eigenvalue weighted by Gasteiger charge is 2.25. The molecule has 0 aliphatic rings. The number of nitrogens with zero attached hydrogens (tertiary/aromatic N) is 4. The number of hydrogen-bond donors (Lipinski definition) is 6. The predicted octanol–water partition coefficient (Wildman–Crippen LogP) is 10.4. The molecule has 0 unspecified atom stereocenters. The van der Waals surface area contributed by atoms with Gasteiger partial charge in [-0.3, -0.25) is 9.59 Å². The molecule has 2 heterocycles. The van der Waals surface area contributed by atoms with E-state index in [0.717, 1.165) is 5.56 Å². The number of carboxylic acids is 1. The fourth-order valence-corrected chi connectivity index (χ4v) is 9.36. The van der Waals surface area contributed by atoms with E-state index in [1.807, 2.05) is 30.3 Å². The number of sulfone groups is 2. The molecule has 22 heteroatoms. The van der Waals surface area contributed by atoms with Crippen LogP contribution < -0.4 is 36.1 Å². The molecule has 0 saturated heterocycles. The van der Waals surface area contributed by atoms with Gasteiger partial charge in [0.1, 0.15) is 21.5 Å². The van der Waals surface area contributed by atoms with Gasteiger partial charge in [-0.1, -0.05) is 77.8 Å². The van der Waals surface area contributed by atoms with Gasteiger partial charge in [0.15, 0.2) is 31.3 Å². The van der Waals surface area contributed by atoms with Crippen molar-refractivity contribution in [2.75, 3.05) is 40.8 Å².